The number of benzene rings is 1. The second-order valence-electron chi connectivity index (χ2n) is 7.20. The van der Waals surface area contributed by atoms with Crippen molar-refractivity contribution < 1.29 is 4.79 Å². The van der Waals surface area contributed by atoms with E-state index in [1.54, 1.807) is 0 Å². The summed E-state index contributed by atoms with van der Waals surface area (Å²) in [5.41, 5.74) is 2.45. The molecule has 3 nitrogen and oxygen atoms in total. The number of piperidine rings is 2. The van der Waals surface area contributed by atoms with Crippen molar-refractivity contribution in [1.29, 1.82) is 0 Å². The van der Waals surface area contributed by atoms with E-state index >= 15 is 0 Å². The van der Waals surface area contributed by atoms with Crippen LogP contribution < -0.4 is 0 Å². The topological polar surface area (TPSA) is 23.6 Å². The zero-order valence-corrected chi connectivity index (χ0v) is 15.4. The molecule has 0 saturated carbocycles. The molecule has 5 heteroatoms. The number of hydrogen-bond acceptors (Lipinski definition) is 2. The summed E-state index contributed by atoms with van der Waals surface area (Å²) in [6.07, 6.45) is 4.06. The number of rotatable bonds is 2. The van der Waals surface area contributed by atoms with E-state index in [0.29, 0.717) is 27.8 Å². The average Bonchev–Trinajstić information content (AvgIpc) is 2.54. The van der Waals surface area contributed by atoms with Gasteiger partial charge < -0.3 is 4.90 Å². The highest BCUT2D eigenvalue weighted by Gasteiger charge is 2.39. The highest BCUT2D eigenvalue weighted by Crippen LogP contribution is 2.40. The van der Waals surface area contributed by atoms with Crippen LogP contribution in [0.1, 0.15) is 36.8 Å². The van der Waals surface area contributed by atoms with Crippen molar-refractivity contribution in [2.75, 3.05) is 26.7 Å². The standard InChI is InChI=1S/C18H24Cl2N2O/c1-13-3-4-14(17(20)16(13)19)11-22-9-7-18(8-10-22)6-5-15(23)21(2)12-18/h3-4H,5-12H2,1-2H3. The van der Waals surface area contributed by atoms with Crippen LogP contribution in [-0.2, 0) is 11.3 Å². The van der Waals surface area contributed by atoms with Crippen LogP contribution in [0.4, 0.5) is 0 Å². The molecule has 0 unspecified atom stereocenters. The number of likely N-dealkylation sites (tertiary alicyclic amines) is 2. The Labute approximate surface area is 148 Å². The molecule has 0 aromatic heterocycles. The SMILES string of the molecule is Cc1ccc(CN2CCC3(CCC(=O)N(C)C3)CC2)c(Cl)c1Cl. The number of halogens is 2. The molecule has 1 aromatic rings. The molecule has 2 saturated heterocycles. The summed E-state index contributed by atoms with van der Waals surface area (Å²) in [5.74, 6) is 0.291. The molecular formula is C18H24Cl2N2O. The van der Waals surface area contributed by atoms with Crippen LogP contribution in [-0.4, -0.2) is 42.4 Å². The van der Waals surface area contributed by atoms with Gasteiger partial charge in [-0.1, -0.05) is 35.3 Å². The fourth-order valence-corrected chi connectivity index (χ4v) is 4.33. The van der Waals surface area contributed by atoms with Crippen molar-refractivity contribution in [3.63, 3.8) is 0 Å². The van der Waals surface area contributed by atoms with Crippen molar-refractivity contribution in [3.05, 3.63) is 33.3 Å². The lowest BCUT2D eigenvalue weighted by Crippen LogP contribution is -2.50. The molecule has 1 aromatic carbocycles. The van der Waals surface area contributed by atoms with E-state index in [1.807, 2.05) is 24.9 Å². The van der Waals surface area contributed by atoms with Gasteiger partial charge in [0, 0.05) is 26.6 Å². The van der Waals surface area contributed by atoms with Gasteiger partial charge in [0.05, 0.1) is 10.0 Å². The van der Waals surface area contributed by atoms with Gasteiger partial charge in [-0.15, -0.1) is 0 Å². The van der Waals surface area contributed by atoms with Gasteiger partial charge in [-0.25, -0.2) is 0 Å². The van der Waals surface area contributed by atoms with E-state index in [9.17, 15) is 4.79 Å². The Morgan fingerprint density at radius 2 is 1.83 bits per heavy atom. The van der Waals surface area contributed by atoms with E-state index in [0.717, 1.165) is 56.6 Å². The third-order valence-corrected chi connectivity index (χ3v) is 6.55. The first kappa shape index (κ1) is 17.1. The Kier molecular flexibility index (Phi) is 4.91. The first-order valence-electron chi connectivity index (χ1n) is 8.30. The fourth-order valence-electron chi connectivity index (χ4n) is 3.88. The molecular weight excluding hydrogens is 331 g/mol. The number of nitrogens with zero attached hydrogens (tertiary/aromatic N) is 2. The molecule has 2 aliphatic heterocycles. The van der Waals surface area contributed by atoms with E-state index < -0.39 is 0 Å². The zero-order valence-electron chi connectivity index (χ0n) is 13.9. The van der Waals surface area contributed by atoms with Gasteiger partial charge in [0.15, 0.2) is 0 Å². The van der Waals surface area contributed by atoms with Crippen molar-refractivity contribution >= 4 is 29.1 Å². The Hall–Kier alpha value is -0.770. The maximum atomic E-state index is 11.7. The summed E-state index contributed by atoms with van der Waals surface area (Å²) in [7, 11) is 1.93. The zero-order chi connectivity index (χ0) is 16.6. The number of hydrogen-bond donors (Lipinski definition) is 0. The van der Waals surface area contributed by atoms with Crippen LogP contribution in [0, 0.1) is 12.3 Å². The molecule has 2 aliphatic rings. The Bertz CT molecular complexity index is 609. The molecule has 3 rings (SSSR count). The molecule has 2 heterocycles. The molecule has 0 radical (unpaired) electrons. The Morgan fingerprint density at radius 3 is 2.48 bits per heavy atom. The average molecular weight is 355 g/mol. The minimum atomic E-state index is 0.291. The maximum Gasteiger partial charge on any atom is 0.222 e. The first-order valence-corrected chi connectivity index (χ1v) is 9.06. The van der Waals surface area contributed by atoms with E-state index in [-0.39, 0.29) is 0 Å². The van der Waals surface area contributed by atoms with Crippen LogP contribution >= 0.6 is 23.2 Å². The molecule has 126 valence electrons. The van der Waals surface area contributed by atoms with Gasteiger partial charge in [-0.2, -0.15) is 0 Å². The minimum absolute atomic E-state index is 0.291. The lowest BCUT2D eigenvalue weighted by molar-refractivity contribution is -0.137. The summed E-state index contributed by atoms with van der Waals surface area (Å²) in [6.45, 7) is 5.86. The van der Waals surface area contributed by atoms with Crippen molar-refractivity contribution in [3.8, 4) is 0 Å². The summed E-state index contributed by atoms with van der Waals surface area (Å²) in [6, 6.07) is 4.12. The second-order valence-corrected chi connectivity index (χ2v) is 7.95. The molecule has 0 bridgehead atoms. The molecule has 1 spiro atoms. The predicted molar refractivity (Wildman–Crippen MR) is 95.0 cm³/mol. The van der Waals surface area contributed by atoms with Gasteiger partial charge in [0.2, 0.25) is 5.91 Å². The van der Waals surface area contributed by atoms with Crippen LogP contribution in [0.25, 0.3) is 0 Å². The molecule has 0 N–H and O–H groups in total. The maximum absolute atomic E-state index is 11.7. The molecule has 2 fully saturated rings. The van der Waals surface area contributed by atoms with E-state index in [4.69, 9.17) is 23.2 Å². The monoisotopic (exact) mass is 354 g/mol. The van der Waals surface area contributed by atoms with Gasteiger partial charge in [0.1, 0.15) is 0 Å². The predicted octanol–water partition coefficient (Wildman–Crippen LogP) is 4.14. The fraction of sp³-hybridized carbons (Fsp3) is 0.611. The number of amides is 1. The number of carbonyl (C=O) groups is 1. The van der Waals surface area contributed by atoms with Crippen LogP contribution in [0.3, 0.4) is 0 Å². The molecule has 1 amide bonds. The third-order valence-electron chi connectivity index (χ3n) is 5.53. The van der Waals surface area contributed by atoms with Crippen LogP contribution in [0.15, 0.2) is 12.1 Å². The van der Waals surface area contributed by atoms with Crippen molar-refractivity contribution in [2.45, 2.75) is 39.2 Å². The second kappa shape index (κ2) is 6.62. The quantitative estimate of drug-likeness (QED) is 0.796. The lowest BCUT2D eigenvalue weighted by Gasteiger charge is -2.46. The third kappa shape index (κ3) is 3.52. The largest absolute Gasteiger partial charge is 0.345 e. The van der Waals surface area contributed by atoms with Gasteiger partial charge in [-0.05, 0) is 55.8 Å². The highest BCUT2D eigenvalue weighted by atomic mass is 35.5. The van der Waals surface area contributed by atoms with E-state index in [2.05, 4.69) is 11.0 Å². The summed E-state index contributed by atoms with van der Waals surface area (Å²) >= 11 is 12.7. The van der Waals surface area contributed by atoms with Gasteiger partial charge in [-0.3, -0.25) is 9.69 Å². The molecule has 0 atom stereocenters. The first-order chi connectivity index (χ1) is 10.9. The van der Waals surface area contributed by atoms with Gasteiger partial charge >= 0.3 is 0 Å². The minimum Gasteiger partial charge on any atom is -0.345 e. The summed E-state index contributed by atoms with van der Waals surface area (Å²) in [5, 5.41) is 1.36. The normalized spacial score (nSPS) is 21.9. The Morgan fingerprint density at radius 1 is 1.13 bits per heavy atom. The van der Waals surface area contributed by atoms with Crippen LogP contribution in [0.5, 0.6) is 0 Å². The lowest BCUT2D eigenvalue weighted by atomic mass is 9.72. The molecule has 0 aliphatic carbocycles. The van der Waals surface area contributed by atoms with Gasteiger partial charge in [0.25, 0.3) is 0 Å². The number of aryl methyl sites for hydroxylation is 1. The van der Waals surface area contributed by atoms with Crippen LogP contribution in [0.2, 0.25) is 10.0 Å². The summed E-state index contributed by atoms with van der Waals surface area (Å²) < 4.78 is 0. The Balaban J connectivity index is 1.62. The van der Waals surface area contributed by atoms with Crippen molar-refractivity contribution in [1.82, 2.24) is 9.80 Å². The number of carbonyl (C=O) groups excluding carboxylic acids is 1. The highest BCUT2D eigenvalue weighted by molar-refractivity contribution is 6.42. The molecule has 23 heavy (non-hydrogen) atoms. The smallest absolute Gasteiger partial charge is 0.222 e. The summed E-state index contributed by atoms with van der Waals surface area (Å²) in [4.78, 5) is 16.1. The van der Waals surface area contributed by atoms with Crippen molar-refractivity contribution in [2.24, 2.45) is 5.41 Å². The van der Waals surface area contributed by atoms with E-state index in [1.165, 1.54) is 0 Å².